The van der Waals surface area contributed by atoms with E-state index in [1.54, 1.807) is 0 Å². The first-order valence-electron chi connectivity index (χ1n) is 6.60. The quantitative estimate of drug-likeness (QED) is 0.488. The first kappa shape index (κ1) is 18.3. The molecule has 7 heteroatoms. The lowest BCUT2D eigenvalue weighted by Crippen LogP contribution is -2.35. The predicted octanol–water partition coefficient (Wildman–Crippen LogP) is 3.16. The fourth-order valence-corrected chi connectivity index (χ4v) is 2.25. The van der Waals surface area contributed by atoms with Crippen LogP contribution < -0.4 is 5.73 Å². The highest BCUT2D eigenvalue weighted by Gasteiger charge is 2.18. The molecule has 1 aromatic carbocycles. The minimum Gasteiger partial charge on any atom is -0.452 e. The Hall–Kier alpha value is -1.72. The molecule has 1 amide bonds. The van der Waals surface area contributed by atoms with Gasteiger partial charge < -0.3 is 15.4 Å². The van der Waals surface area contributed by atoms with E-state index in [4.69, 9.17) is 33.7 Å². The SMILES string of the molecule is C=C(C)CN(CC)C(=O)COC(=O)c1cc(Cl)cc(Cl)c1N. The number of nitrogens with zero attached hydrogens (tertiary/aromatic N) is 1. The molecule has 1 rings (SSSR count). The Morgan fingerprint density at radius 1 is 1.36 bits per heavy atom. The van der Waals surface area contributed by atoms with Crippen LogP contribution in [-0.4, -0.2) is 36.5 Å². The smallest absolute Gasteiger partial charge is 0.340 e. The molecule has 0 heterocycles. The molecule has 5 nitrogen and oxygen atoms in total. The molecule has 0 saturated carbocycles. The van der Waals surface area contributed by atoms with Gasteiger partial charge in [-0.15, -0.1) is 0 Å². The second-order valence-corrected chi connectivity index (χ2v) is 5.63. The van der Waals surface area contributed by atoms with Gasteiger partial charge in [-0.05, 0) is 26.0 Å². The van der Waals surface area contributed by atoms with Crippen LogP contribution >= 0.6 is 23.2 Å². The van der Waals surface area contributed by atoms with Crippen molar-refractivity contribution in [1.82, 2.24) is 4.90 Å². The lowest BCUT2D eigenvalue weighted by molar-refractivity contribution is -0.133. The van der Waals surface area contributed by atoms with E-state index in [0.717, 1.165) is 5.57 Å². The molecule has 22 heavy (non-hydrogen) atoms. The highest BCUT2D eigenvalue weighted by Crippen LogP contribution is 2.28. The van der Waals surface area contributed by atoms with Crippen molar-refractivity contribution >= 4 is 40.8 Å². The van der Waals surface area contributed by atoms with Crippen molar-refractivity contribution in [3.63, 3.8) is 0 Å². The average molecular weight is 345 g/mol. The van der Waals surface area contributed by atoms with Gasteiger partial charge in [0.05, 0.1) is 16.3 Å². The first-order chi connectivity index (χ1) is 10.3. The third kappa shape index (κ3) is 4.93. The summed E-state index contributed by atoms with van der Waals surface area (Å²) in [5.41, 5.74) is 6.66. The van der Waals surface area contributed by atoms with Crippen LogP contribution in [0.15, 0.2) is 24.3 Å². The lowest BCUT2D eigenvalue weighted by Gasteiger charge is -2.20. The van der Waals surface area contributed by atoms with E-state index in [1.807, 2.05) is 13.8 Å². The van der Waals surface area contributed by atoms with Crippen LogP contribution in [0.1, 0.15) is 24.2 Å². The molecule has 120 valence electrons. The Morgan fingerprint density at radius 3 is 2.55 bits per heavy atom. The summed E-state index contributed by atoms with van der Waals surface area (Å²) in [5, 5.41) is 0.415. The van der Waals surface area contributed by atoms with Crippen LogP contribution in [0.3, 0.4) is 0 Å². The number of likely N-dealkylation sites (N-methyl/N-ethyl adjacent to an activating group) is 1. The number of rotatable bonds is 6. The van der Waals surface area contributed by atoms with Gasteiger partial charge in [0.1, 0.15) is 0 Å². The number of anilines is 1. The molecule has 0 fully saturated rings. The van der Waals surface area contributed by atoms with Crippen molar-refractivity contribution in [3.05, 3.63) is 39.9 Å². The molecule has 2 N–H and O–H groups in total. The molecule has 0 spiro atoms. The first-order valence-corrected chi connectivity index (χ1v) is 7.35. The monoisotopic (exact) mass is 344 g/mol. The second kappa shape index (κ2) is 8.06. The van der Waals surface area contributed by atoms with Crippen LogP contribution in [0.2, 0.25) is 10.0 Å². The number of nitrogen functional groups attached to an aromatic ring is 1. The van der Waals surface area contributed by atoms with Crippen LogP contribution in [0.5, 0.6) is 0 Å². The van der Waals surface area contributed by atoms with Crippen molar-refractivity contribution in [2.45, 2.75) is 13.8 Å². The summed E-state index contributed by atoms with van der Waals surface area (Å²) in [5.74, 6) is -1.06. The number of ether oxygens (including phenoxy) is 1. The molecular weight excluding hydrogens is 327 g/mol. The van der Waals surface area contributed by atoms with Crippen molar-refractivity contribution in [1.29, 1.82) is 0 Å². The van der Waals surface area contributed by atoms with Crippen molar-refractivity contribution in [2.75, 3.05) is 25.4 Å². The topological polar surface area (TPSA) is 72.6 Å². The normalized spacial score (nSPS) is 10.2. The average Bonchev–Trinajstić information content (AvgIpc) is 2.45. The molecule has 0 radical (unpaired) electrons. The Morgan fingerprint density at radius 2 is 2.00 bits per heavy atom. The summed E-state index contributed by atoms with van der Waals surface area (Å²) in [6.07, 6.45) is 0. The van der Waals surface area contributed by atoms with Gasteiger partial charge in [0.15, 0.2) is 6.61 Å². The number of carbonyl (C=O) groups is 2. The predicted molar refractivity (Wildman–Crippen MR) is 88.2 cm³/mol. The van der Waals surface area contributed by atoms with E-state index < -0.39 is 5.97 Å². The van der Waals surface area contributed by atoms with Crippen LogP contribution in [0, 0.1) is 0 Å². The van der Waals surface area contributed by atoms with E-state index in [0.29, 0.717) is 13.1 Å². The van der Waals surface area contributed by atoms with Gasteiger partial charge in [-0.25, -0.2) is 4.79 Å². The molecular formula is C15H18Cl2N2O3. The zero-order valence-corrected chi connectivity index (χ0v) is 14.0. The summed E-state index contributed by atoms with van der Waals surface area (Å²) in [7, 11) is 0. The summed E-state index contributed by atoms with van der Waals surface area (Å²) < 4.78 is 4.99. The molecule has 0 aliphatic heterocycles. The third-order valence-electron chi connectivity index (χ3n) is 2.84. The van der Waals surface area contributed by atoms with Crippen LogP contribution in [0.25, 0.3) is 0 Å². The van der Waals surface area contributed by atoms with E-state index >= 15 is 0 Å². The number of hydrogen-bond acceptors (Lipinski definition) is 4. The fourth-order valence-electron chi connectivity index (χ4n) is 1.75. The number of amides is 1. The summed E-state index contributed by atoms with van der Waals surface area (Å²) in [6.45, 7) is 7.92. The number of halogens is 2. The number of hydrogen-bond donors (Lipinski definition) is 1. The Kier molecular flexibility index (Phi) is 6.71. The van der Waals surface area contributed by atoms with Crippen molar-refractivity contribution in [3.8, 4) is 0 Å². The van der Waals surface area contributed by atoms with Gasteiger partial charge >= 0.3 is 5.97 Å². The number of benzene rings is 1. The van der Waals surface area contributed by atoms with Gasteiger partial charge in [-0.2, -0.15) is 0 Å². The molecule has 0 atom stereocenters. The minimum absolute atomic E-state index is 0.0354. The van der Waals surface area contributed by atoms with Gasteiger partial charge in [-0.1, -0.05) is 35.4 Å². The second-order valence-electron chi connectivity index (χ2n) is 4.79. The summed E-state index contributed by atoms with van der Waals surface area (Å²) >= 11 is 11.7. The van der Waals surface area contributed by atoms with Gasteiger partial charge in [0, 0.05) is 18.1 Å². The van der Waals surface area contributed by atoms with Gasteiger partial charge in [0.2, 0.25) is 0 Å². The summed E-state index contributed by atoms with van der Waals surface area (Å²) in [6, 6.07) is 2.77. The van der Waals surface area contributed by atoms with Gasteiger partial charge in [0.25, 0.3) is 5.91 Å². The van der Waals surface area contributed by atoms with E-state index in [9.17, 15) is 9.59 Å². The maximum atomic E-state index is 12.0. The molecule has 0 unspecified atom stereocenters. The van der Waals surface area contributed by atoms with Crippen molar-refractivity contribution < 1.29 is 14.3 Å². The Bertz CT molecular complexity index is 603. The number of esters is 1. The molecule has 0 aromatic heterocycles. The molecule has 0 saturated heterocycles. The Balaban J connectivity index is 2.74. The van der Waals surface area contributed by atoms with Crippen molar-refractivity contribution in [2.24, 2.45) is 0 Å². The van der Waals surface area contributed by atoms with Gasteiger partial charge in [-0.3, -0.25) is 4.79 Å². The number of nitrogens with two attached hydrogens (primary N) is 1. The zero-order chi connectivity index (χ0) is 16.9. The fraction of sp³-hybridized carbons (Fsp3) is 0.333. The zero-order valence-electron chi connectivity index (χ0n) is 12.5. The standard InChI is InChI=1S/C15H18Cl2N2O3/c1-4-19(7-9(2)3)13(20)8-22-15(21)11-5-10(16)6-12(17)14(11)18/h5-6H,2,4,7-8,18H2,1,3H3. The van der Waals surface area contributed by atoms with E-state index in [-0.39, 0.29) is 33.8 Å². The summed E-state index contributed by atoms with van der Waals surface area (Å²) in [4.78, 5) is 25.5. The van der Waals surface area contributed by atoms with Crippen LogP contribution in [-0.2, 0) is 9.53 Å². The molecule has 0 aliphatic rings. The number of carbonyl (C=O) groups excluding carboxylic acids is 2. The van der Waals surface area contributed by atoms with E-state index in [1.165, 1.54) is 17.0 Å². The minimum atomic E-state index is -0.748. The highest BCUT2D eigenvalue weighted by molar-refractivity contribution is 6.37. The van der Waals surface area contributed by atoms with Crippen LogP contribution in [0.4, 0.5) is 5.69 Å². The molecule has 1 aromatic rings. The maximum Gasteiger partial charge on any atom is 0.340 e. The highest BCUT2D eigenvalue weighted by atomic mass is 35.5. The maximum absolute atomic E-state index is 12.0. The molecule has 0 bridgehead atoms. The molecule has 0 aliphatic carbocycles. The van der Waals surface area contributed by atoms with E-state index in [2.05, 4.69) is 6.58 Å². The third-order valence-corrected chi connectivity index (χ3v) is 3.37. The lowest BCUT2D eigenvalue weighted by atomic mass is 10.2. The Labute approximate surface area is 139 Å². The largest absolute Gasteiger partial charge is 0.452 e.